The molecule has 8 heteroatoms. The number of aromatic nitrogens is 3. The molecule has 2 heterocycles. The average Bonchev–Trinajstić information content (AvgIpc) is 3.40. The Bertz CT molecular complexity index is 906. The van der Waals surface area contributed by atoms with Gasteiger partial charge in [0.25, 0.3) is 0 Å². The number of anilines is 3. The van der Waals surface area contributed by atoms with Crippen LogP contribution in [-0.2, 0) is 0 Å². The Morgan fingerprint density at radius 1 is 1.00 bits per heavy atom. The van der Waals surface area contributed by atoms with Gasteiger partial charge < -0.3 is 10.6 Å². The summed E-state index contributed by atoms with van der Waals surface area (Å²) in [5.41, 5.74) is 2.52. The fourth-order valence-corrected chi connectivity index (χ4v) is 3.99. The summed E-state index contributed by atoms with van der Waals surface area (Å²) in [6, 6.07) is 13.0. The minimum atomic E-state index is -0.351. The Morgan fingerprint density at radius 3 is 2.54 bits per heavy atom. The molecule has 2 aromatic heterocycles. The van der Waals surface area contributed by atoms with Crippen molar-refractivity contribution in [3.63, 3.8) is 0 Å². The summed E-state index contributed by atoms with van der Waals surface area (Å²) in [5.74, 6) is 0.784. The highest BCUT2D eigenvalue weighted by atomic mass is 32.1. The van der Waals surface area contributed by atoms with Gasteiger partial charge in [0.2, 0.25) is 5.13 Å². The molecule has 7 nitrogen and oxygen atoms in total. The van der Waals surface area contributed by atoms with Gasteiger partial charge in [-0.05, 0) is 55.2 Å². The molecule has 0 unspecified atom stereocenters. The third kappa shape index (κ3) is 4.83. The monoisotopic (exact) mass is 394 g/mol. The maximum atomic E-state index is 12.2. The number of hydrogen-bond acceptors (Lipinski definition) is 6. The van der Waals surface area contributed by atoms with E-state index in [0.717, 1.165) is 29.5 Å². The molecule has 4 rings (SSSR count). The second kappa shape index (κ2) is 8.79. The predicted molar refractivity (Wildman–Crippen MR) is 113 cm³/mol. The van der Waals surface area contributed by atoms with Crippen LogP contribution in [0, 0.1) is 5.92 Å². The highest BCUT2D eigenvalue weighted by Crippen LogP contribution is 2.26. The van der Waals surface area contributed by atoms with Crippen LogP contribution in [0.25, 0.3) is 10.7 Å². The van der Waals surface area contributed by atoms with E-state index in [1.165, 1.54) is 37.0 Å². The van der Waals surface area contributed by atoms with Crippen molar-refractivity contribution in [3.8, 4) is 10.7 Å². The number of amides is 2. The Morgan fingerprint density at radius 2 is 1.79 bits per heavy atom. The van der Waals surface area contributed by atoms with Crippen LogP contribution in [0.1, 0.15) is 25.7 Å². The fourth-order valence-electron chi connectivity index (χ4n) is 3.27. The van der Waals surface area contributed by atoms with Crippen LogP contribution in [0.15, 0.2) is 48.7 Å². The number of carbonyl (C=O) groups excluding carboxylic acids is 1. The third-order valence-corrected chi connectivity index (χ3v) is 5.60. The molecule has 0 radical (unpaired) electrons. The van der Waals surface area contributed by atoms with E-state index in [9.17, 15) is 4.79 Å². The molecule has 0 bridgehead atoms. The van der Waals surface area contributed by atoms with Gasteiger partial charge in [-0.3, -0.25) is 10.3 Å². The van der Waals surface area contributed by atoms with Crippen molar-refractivity contribution in [2.45, 2.75) is 25.7 Å². The zero-order valence-corrected chi connectivity index (χ0v) is 16.2. The first-order valence-electron chi connectivity index (χ1n) is 9.43. The lowest BCUT2D eigenvalue weighted by molar-refractivity contribution is 0.262. The van der Waals surface area contributed by atoms with Crippen molar-refractivity contribution in [3.05, 3.63) is 48.7 Å². The molecule has 1 aromatic carbocycles. The van der Waals surface area contributed by atoms with E-state index >= 15 is 0 Å². The summed E-state index contributed by atoms with van der Waals surface area (Å²) in [6.07, 6.45) is 7.04. The van der Waals surface area contributed by atoms with Crippen molar-refractivity contribution in [2.75, 3.05) is 22.5 Å². The zero-order valence-electron chi connectivity index (χ0n) is 15.4. The van der Waals surface area contributed by atoms with Gasteiger partial charge in [0.15, 0.2) is 5.01 Å². The maximum absolute atomic E-state index is 12.2. The van der Waals surface area contributed by atoms with Gasteiger partial charge in [0.1, 0.15) is 5.69 Å². The average molecular weight is 395 g/mol. The van der Waals surface area contributed by atoms with Crippen LogP contribution in [-0.4, -0.2) is 27.8 Å². The smallest absolute Gasteiger partial charge is 0.325 e. The topological polar surface area (TPSA) is 91.8 Å². The molecule has 3 N–H and O–H groups in total. The SMILES string of the molecule is O=C(Nc1ccc(NCC2CCCC2)cc1)Nc1nnc(-c2ccccn2)s1. The molecular formula is C20H22N6OS. The number of pyridine rings is 1. The van der Waals surface area contributed by atoms with Gasteiger partial charge in [-0.15, -0.1) is 10.2 Å². The fraction of sp³-hybridized carbons (Fsp3) is 0.300. The van der Waals surface area contributed by atoms with Crippen LogP contribution in [0.2, 0.25) is 0 Å². The minimum absolute atomic E-state index is 0.351. The Balaban J connectivity index is 1.28. The molecule has 0 spiro atoms. The summed E-state index contributed by atoms with van der Waals surface area (Å²) >= 11 is 1.28. The zero-order chi connectivity index (χ0) is 19.2. The molecule has 28 heavy (non-hydrogen) atoms. The molecule has 2 amide bonds. The van der Waals surface area contributed by atoms with Gasteiger partial charge >= 0.3 is 6.03 Å². The van der Waals surface area contributed by atoms with Gasteiger partial charge in [0, 0.05) is 24.1 Å². The van der Waals surface area contributed by atoms with E-state index in [4.69, 9.17) is 0 Å². The lowest BCUT2D eigenvalue weighted by atomic mass is 10.1. The molecule has 1 aliphatic rings. The van der Waals surface area contributed by atoms with Crippen LogP contribution < -0.4 is 16.0 Å². The van der Waals surface area contributed by atoms with E-state index in [-0.39, 0.29) is 6.03 Å². The van der Waals surface area contributed by atoms with E-state index in [1.807, 2.05) is 42.5 Å². The number of hydrogen-bond donors (Lipinski definition) is 3. The number of nitrogens with one attached hydrogen (secondary N) is 3. The number of carbonyl (C=O) groups is 1. The second-order valence-corrected chi connectivity index (χ2v) is 7.79. The number of rotatable bonds is 6. The Labute approximate surface area is 167 Å². The normalized spacial score (nSPS) is 14.0. The van der Waals surface area contributed by atoms with Gasteiger partial charge in [-0.1, -0.05) is 30.2 Å². The van der Waals surface area contributed by atoms with Crippen LogP contribution in [0.5, 0.6) is 0 Å². The van der Waals surface area contributed by atoms with E-state index < -0.39 is 0 Å². The molecule has 1 fully saturated rings. The Hall–Kier alpha value is -3.00. The molecule has 0 atom stereocenters. The first-order chi connectivity index (χ1) is 13.8. The van der Waals surface area contributed by atoms with Crippen molar-refractivity contribution >= 4 is 33.9 Å². The second-order valence-electron chi connectivity index (χ2n) is 6.82. The van der Waals surface area contributed by atoms with E-state index in [1.54, 1.807) is 6.20 Å². The van der Waals surface area contributed by atoms with Crippen molar-refractivity contribution < 1.29 is 4.79 Å². The van der Waals surface area contributed by atoms with Gasteiger partial charge in [-0.2, -0.15) is 0 Å². The van der Waals surface area contributed by atoms with Crippen molar-refractivity contribution in [1.29, 1.82) is 0 Å². The highest BCUT2D eigenvalue weighted by molar-refractivity contribution is 7.18. The van der Waals surface area contributed by atoms with Crippen molar-refractivity contribution in [1.82, 2.24) is 15.2 Å². The Kier molecular flexibility index (Phi) is 5.77. The number of benzene rings is 1. The molecule has 1 saturated carbocycles. The van der Waals surface area contributed by atoms with Crippen LogP contribution >= 0.6 is 11.3 Å². The highest BCUT2D eigenvalue weighted by Gasteiger charge is 2.14. The molecule has 0 saturated heterocycles. The molecule has 144 valence electrons. The van der Waals surface area contributed by atoms with Gasteiger partial charge in [0.05, 0.1) is 0 Å². The largest absolute Gasteiger partial charge is 0.385 e. The minimum Gasteiger partial charge on any atom is -0.385 e. The summed E-state index contributed by atoms with van der Waals surface area (Å²) in [6.45, 7) is 1.02. The van der Waals surface area contributed by atoms with Gasteiger partial charge in [-0.25, -0.2) is 4.79 Å². The maximum Gasteiger partial charge on any atom is 0.325 e. The van der Waals surface area contributed by atoms with Crippen molar-refractivity contribution in [2.24, 2.45) is 5.92 Å². The summed E-state index contributed by atoms with van der Waals surface area (Å²) in [7, 11) is 0. The van der Waals surface area contributed by atoms with E-state index in [0.29, 0.717) is 10.1 Å². The molecule has 1 aliphatic carbocycles. The quantitative estimate of drug-likeness (QED) is 0.556. The molecule has 3 aromatic rings. The molecule has 0 aliphatic heterocycles. The first kappa shape index (κ1) is 18.4. The lowest BCUT2D eigenvalue weighted by Gasteiger charge is -2.12. The number of nitrogens with zero attached hydrogens (tertiary/aromatic N) is 3. The first-order valence-corrected chi connectivity index (χ1v) is 10.2. The summed E-state index contributed by atoms with van der Waals surface area (Å²) < 4.78 is 0. The van der Waals surface area contributed by atoms with Crippen LogP contribution in [0.3, 0.4) is 0 Å². The number of urea groups is 1. The third-order valence-electron chi connectivity index (χ3n) is 4.74. The lowest BCUT2D eigenvalue weighted by Crippen LogP contribution is -2.19. The molecular weight excluding hydrogens is 372 g/mol. The van der Waals surface area contributed by atoms with E-state index in [2.05, 4.69) is 31.1 Å². The summed E-state index contributed by atoms with van der Waals surface area (Å²) in [4.78, 5) is 16.4. The predicted octanol–water partition coefficient (Wildman–Crippen LogP) is 4.85. The van der Waals surface area contributed by atoms with Crippen LogP contribution in [0.4, 0.5) is 21.3 Å². The standard InChI is InChI=1S/C20H22N6OS/c27-19(24-20-26-25-18(28-20)17-7-3-4-12-21-17)23-16-10-8-15(9-11-16)22-13-14-5-1-2-6-14/h3-4,7-12,14,22H,1-2,5-6,13H2,(H2,23,24,26,27). The summed E-state index contributed by atoms with van der Waals surface area (Å²) in [5, 5.41) is 18.1.